The van der Waals surface area contributed by atoms with E-state index in [1.165, 1.54) is 16.7 Å². The number of hydrogen-bond donors (Lipinski definition) is 1. The molecule has 0 spiro atoms. The fourth-order valence-corrected chi connectivity index (χ4v) is 3.32. The number of aliphatic carboxylic acids is 1. The predicted octanol–water partition coefficient (Wildman–Crippen LogP) is 5.77. The second-order valence-electron chi connectivity index (χ2n) is 9.76. The molecule has 0 aromatic heterocycles. The van der Waals surface area contributed by atoms with Gasteiger partial charge in [-0.15, -0.1) is 0 Å². The Bertz CT molecular complexity index is 590. The first-order chi connectivity index (χ1) is 10.1. The summed E-state index contributed by atoms with van der Waals surface area (Å²) >= 11 is 0. The molecule has 1 aromatic carbocycles. The quantitative estimate of drug-likeness (QED) is 0.752. The van der Waals surface area contributed by atoms with E-state index in [-0.39, 0.29) is 16.2 Å². The highest BCUT2D eigenvalue weighted by atomic mass is 16.4. The van der Waals surface area contributed by atoms with Crippen molar-refractivity contribution in [2.75, 3.05) is 0 Å². The van der Waals surface area contributed by atoms with Gasteiger partial charge in [-0.05, 0) is 45.4 Å². The number of carboxylic acids is 1. The Morgan fingerprint density at radius 1 is 0.826 bits per heavy atom. The van der Waals surface area contributed by atoms with Gasteiger partial charge in [0, 0.05) is 0 Å². The molecule has 0 aliphatic carbocycles. The van der Waals surface area contributed by atoms with E-state index in [1.54, 1.807) is 6.92 Å². The van der Waals surface area contributed by atoms with E-state index < -0.39 is 11.9 Å². The van der Waals surface area contributed by atoms with Gasteiger partial charge in [0.2, 0.25) is 0 Å². The zero-order valence-corrected chi connectivity index (χ0v) is 16.6. The third-order valence-electron chi connectivity index (χ3n) is 4.38. The largest absolute Gasteiger partial charge is 0.481 e. The maximum Gasteiger partial charge on any atom is 0.310 e. The average molecular weight is 319 g/mol. The van der Waals surface area contributed by atoms with Gasteiger partial charge in [-0.1, -0.05) is 74.4 Å². The second-order valence-corrected chi connectivity index (χ2v) is 9.76. The molecular weight excluding hydrogens is 284 g/mol. The van der Waals surface area contributed by atoms with E-state index in [1.807, 2.05) is 6.07 Å². The van der Waals surface area contributed by atoms with E-state index >= 15 is 0 Å². The van der Waals surface area contributed by atoms with Crippen LogP contribution >= 0.6 is 0 Å². The van der Waals surface area contributed by atoms with Crippen molar-refractivity contribution in [2.24, 2.45) is 0 Å². The summed E-state index contributed by atoms with van der Waals surface area (Å²) in [5.41, 5.74) is 4.64. The van der Waals surface area contributed by atoms with Crippen molar-refractivity contribution in [3.05, 3.63) is 34.4 Å². The molecule has 2 heteroatoms. The highest BCUT2D eigenvalue weighted by Gasteiger charge is 2.35. The molecular formula is C21H34O2. The van der Waals surface area contributed by atoms with Crippen LogP contribution in [0.2, 0.25) is 0 Å². The van der Waals surface area contributed by atoms with Gasteiger partial charge in [0.1, 0.15) is 0 Å². The number of carboxylic acid groups (broad SMARTS) is 1. The number of hydrogen-bond acceptors (Lipinski definition) is 1. The van der Waals surface area contributed by atoms with Crippen molar-refractivity contribution in [1.29, 1.82) is 0 Å². The molecule has 1 rings (SSSR count). The van der Waals surface area contributed by atoms with Crippen LogP contribution < -0.4 is 0 Å². The first-order valence-corrected chi connectivity index (χ1v) is 8.49. The van der Waals surface area contributed by atoms with E-state index in [9.17, 15) is 9.90 Å². The van der Waals surface area contributed by atoms with Crippen LogP contribution in [0.4, 0.5) is 0 Å². The first kappa shape index (κ1) is 19.7. The van der Waals surface area contributed by atoms with Gasteiger partial charge >= 0.3 is 5.97 Å². The molecule has 0 aliphatic rings. The highest BCUT2D eigenvalue weighted by Crippen LogP contribution is 2.44. The van der Waals surface area contributed by atoms with E-state index in [2.05, 4.69) is 68.4 Å². The van der Waals surface area contributed by atoms with Crippen molar-refractivity contribution >= 4 is 5.97 Å². The maximum atomic E-state index is 11.6. The summed E-state index contributed by atoms with van der Waals surface area (Å²) in [5, 5.41) is 9.55. The van der Waals surface area contributed by atoms with Crippen molar-refractivity contribution in [1.82, 2.24) is 0 Å². The normalized spacial score (nSPS) is 14.7. The van der Waals surface area contributed by atoms with Crippen LogP contribution in [-0.4, -0.2) is 11.1 Å². The van der Waals surface area contributed by atoms with Crippen LogP contribution in [0, 0.1) is 0 Å². The fourth-order valence-electron chi connectivity index (χ4n) is 3.32. The molecule has 23 heavy (non-hydrogen) atoms. The van der Waals surface area contributed by atoms with Gasteiger partial charge in [-0.2, -0.15) is 0 Å². The van der Waals surface area contributed by atoms with Crippen molar-refractivity contribution in [3.63, 3.8) is 0 Å². The Labute approximate surface area is 142 Å². The molecule has 1 unspecified atom stereocenters. The standard InChI is InChI=1S/C21H34O2/c1-13(18(22)23)14-11-12-15(19(2,3)4)17(21(8,9)10)16(14)20(5,6)7/h11-13H,1-10H3,(H,22,23). The van der Waals surface area contributed by atoms with E-state index in [0.29, 0.717) is 0 Å². The smallest absolute Gasteiger partial charge is 0.310 e. The molecule has 130 valence electrons. The monoisotopic (exact) mass is 318 g/mol. The lowest BCUT2D eigenvalue weighted by atomic mass is 9.66. The van der Waals surface area contributed by atoms with Crippen LogP contribution in [0.1, 0.15) is 97.4 Å². The Morgan fingerprint density at radius 2 is 1.26 bits per heavy atom. The Hall–Kier alpha value is -1.31. The van der Waals surface area contributed by atoms with Crippen LogP contribution in [0.25, 0.3) is 0 Å². The SMILES string of the molecule is CC(C(=O)O)c1ccc(C(C)(C)C)c(C(C)(C)C)c1C(C)(C)C. The number of carbonyl (C=O) groups is 1. The summed E-state index contributed by atoms with van der Waals surface area (Å²) in [6.07, 6.45) is 0. The molecule has 1 aromatic rings. The summed E-state index contributed by atoms with van der Waals surface area (Å²) in [6.45, 7) is 21.7. The van der Waals surface area contributed by atoms with Crippen LogP contribution in [-0.2, 0) is 21.0 Å². The minimum atomic E-state index is -0.765. The lowest BCUT2D eigenvalue weighted by Crippen LogP contribution is -2.30. The lowest BCUT2D eigenvalue weighted by molar-refractivity contribution is -0.138. The summed E-state index contributed by atoms with van der Waals surface area (Å²) in [6, 6.07) is 4.18. The molecule has 0 fully saturated rings. The third kappa shape index (κ3) is 4.16. The molecule has 1 atom stereocenters. The summed E-state index contributed by atoms with van der Waals surface area (Å²) in [4.78, 5) is 11.6. The molecule has 2 nitrogen and oxygen atoms in total. The molecule has 0 amide bonds. The summed E-state index contributed by atoms with van der Waals surface area (Å²) in [7, 11) is 0. The van der Waals surface area contributed by atoms with Crippen LogP contribution in [0.3, 0.4) is 0 Å². The molecule has 0 saturated heterocycles. The van der Waals surface area contributed by atoms with Gasteiger partial charge in [0.05, 0.1) is 5.92 Å². The van der Waals surface area contributed by atoms with Crippen LogP contribution in [0.5, 0.6) is 0 Å². The molecule has 0 bridgehead atoms. The zero-order valence-electron chi connectivity index (χ0n) is 16.6. The highest BCUT2D eigenvalue weighted by molar-refractivity contribution is 5.77. The van der Waals surface area contributed by atoms with Gasteiger partial charge in [-0.3, -0.25) is 4.79 Å². The van der Waals surface area contributed by atoms with E-state index in [4.69, 9.17) is 0 Å². The first-order valence-electron chi connectivity index (χ1n) is 8.49. The van der Waals surface area contributed by atoms with Crippen molar-refractivity contribution in [2.45, 2.75) is 91.4 Å². The average Bonchev–Trinajstić information content (AvgIpc) is 2.32. The zero-order chi connectivity index (χ0) is 18.4. The Kier molecular flexibility index (Phi) is 5.11. The fraction of sp³-hybridized carbons (Fsp3) is 0.667. The minimum Gasteiger partial charge on any atom is -0.481 e. The van der Waals surface area contributed by atoms with Gasteiger partial charge < -0.3 is 5.11 Å². The third-order valence-corrected chi connectivity index (χ3v) is 4.38. The topological polar surface area (TPSA) is 37.3 Å². The summed E-state index contributed by atoms with van der Waals surface area (Å²) in [5.74, 6) is -1.27. The Morgan fingerprint density at radius 3 is 1.57 bits per heavy atom. The number of benzene rings is 1. The van der Waals surface area contributed by atoms with Gasteiger partial charge in [-0.25, -0.2) is 0 Å². The Balaban J connectivity index is 3.98. The summed E-state index contributed by atoms with van der Waals surface area (Å²) < 4.78 is 0. The van der Waals surface area contributed by atoms with E-state index in [0.717, 1.165) is 5.56 Å². The molecule has 0 saturated carbocycles. The maximum absolute atomic E-state index is 11.6. The van der Waals surface area contributed by atoms with Gasteiger partial charge in [0.25, 0.3) is 0 Å². The number of rotatable bonds is 2. The van der Waals surface area contributed by atoms with Crippen molar-refractivity contribution in [3.8, 4) is 0 Å². The predicted molar refractivity (Wildman–Crippen MR) is 98.6 cm³/mol. The molecule has 0 heterocycles. The van der Waals surface area contributed by atoms with Crippen LogP contribution in [0.15, 0.2) is 12.1 Å². The van der Waals surface area contributed by atoms with Crippen molar-refractivity contribution < 1.29 is 9.90 Å². The second kappa shape index (κ2) is 5.96. The van der Waals surface area contributed by atoms with Gasteiger partial charge in [0.15, 0.2) is 0 Å². The molecule has 0 aliphatic heterocycles. The lowest BCUT2D eigenvalue weighted by Gasteiger charge is -2.38. The molecule has 1 N–H and O–H groups in total. The molecule has 0 radical (unpaired) electrons. The minimum absolute atomic E-state index is 0.0214.